The third-order valence-corrected chi connectivity index (χ3v) is 2.50. The summed E-state index contributed by atoms with van der Waals surface area (Å²) in [4.78, 5) is 11.3. The predicted octanol–water partition coefficient (Wildman–Crippen LogP) is 0.910. The van der Waals surface area contributed by atoms with Gasteiger partial charge in [-0.05, 0) is 18.1 Å². The average molecular weight is 191 g/mol. The summed E-state index contributed by atoms with van der Waals surface area (Å²) in [5, 5.41) is 2.85. The summed E-state index contributed by atoms with van der Waals surface area (Å²) in [7, 11) is 1.64. The van der Waals surface area contributed by atoms with Crippen LogP contribution in [0, 0.1) is 0 Å². The molecule has 1 aromatic carbocycles. The van der Waals surface area contributed by atoms with Crippen LogP contribution in [0.25, 0.3) is 0 Å². The Morgan fingerprint density at radius 3 is 3.07 bits per heavy atom. The van der Waals surface area contributed by atoms with E-state index in [2.05, 4.69) is 11.4 Å². The second-order valence-corrected chi connectivity index (χ2v) is 3.37. The molecule has 0 unspecified atom stereocenters. The van der Waals surface area contributed by atoms with Gasteiger partial charge < -0.3 is 10.1 Å². The van der Waals surface area contributed by atoms with Crippen molar-refractivity contribution >= 4 is 5.91 Å². The van der Waals surface area contributed by atoms with Gasteiger partial charge in [-0.1, -0.05) is 12.1 Å². The summed E-state index contributed by atoms with van der Waals surface area (Å²) in [5.74, 6) is 0.896. The molecule has 0 bridgehead atoms. The van der Waals surface area contributed by atoms with E-state index in [9.17, 15) is 4.79 Å². The molecule has 0 spiro atoms. The topological polar surface area (TPSA) is 38.3 Å². The summed E-state index contributed by atoms with van der Waals surface area (Å²) < 4.78 is 5.24. The number of benzene rings is 1. The lowest BCUT2D eigenvalue weighted by Gasteiger charge is -2.09. The number of methoxy groups -OCH3 is 1. The summed E-state index contributed by atoms with van der Waals surface area (Å²) in [6.45, 7) is 0.721. The summed E-state index contributed by atoms with van der Waals surface area (Å²) in [5.41, 5.74) is 2.24. The van der Waals surface area contributed by atoms with Crippen LogP contribution < -0.4 is 10.1 Å². The number of fused-ring (bicyclic) bond motifs is 1. The number of rotatable bonds is 1. The lowest BCUT2D eigenvalue weighted by molar-refractivity contribution is -0.120. The molecule has 3 nitrogen and oxygen atoms in total. The zero-order valence-electron chi connectivity index (χ0n) is 8.17. The molecular weight excluding hydrogens is 178 g/mol. The Labute approximate surface area is 83.1 Å². The van der Waals surface area contributed by atoms with Crippen molar-refractivity contribution in [1.29, 1.82) is 0 Å². The van der Waals surface area contributed by atoms with Crippen LogP contribution in [-0.2, 0) is 17.6 Å². The van der Waals surface area contributed by atoms with E-state index < -0.39 is 0 Å². The molecule has 14 heavy (non-hydrogen) atoms. The van der Waals surface area contributed by atoms with Crippen LogP contribution >= 0.6 is 0 Å². The van der Waals surface area contributed by atoms with E-state index in [1.54, 1.807) is 7.11 Å². The summed E-state index contributed by atoms with van der Waals surface area (Å²) >= 11 is 0. The maximum Gasteiger partial charge on any atom is 0.224 e. The Kier molecular flexibility index (Phi) is 2.39. The highest BCUT2D eigenvalue weighted by molar-refractivity contribution is 5.80. The smallest absolute Gasteiger partial charge is 0.224 e. The van der Waals surface area contributed by atoms with Gasteiger partial charge >= 0.3 is 0 Å². The quantitative estimate of drug-likeness (QED) is 0.716. The van der Waals surface area contributed by atoms with Crippen LogP contribution in [0.1, 0.15) is 11.1 Å². The molecule has 1 heterocycles. The highest BCUT2D eigenvalue weighted by atomic mass is 16.5. The van der Waals surface area contributed by atoms with Crippen molar-refractivity contribution in [1.82, 2.24) is 5.32 Å². The second-order valence-electron chi connectivity index (χ2n) is 3.37. The van der Waals surface area contributed by atoms with Crippen molar-refractivity contribution in [3.05, 3.63) is 29.3 Å². The summed E-state index contributed by atoms with van der Waals surface area (Å²) in [6.07, 6.45) is 1.32. The highest BCUT2D eigenvalue weighted by Crippen LogP contribution is 2.24. The van der Waals surface area contributed by atoms with Crippen molar-refractivity contribution in [2.45, 2.75) is 12.8 Å². The highest BCUT2D eigenvalue weighted by Gasteiger charge is 2.16. The Morgan fingerprint density at radius 1 is 1.43 bits per heavy atom. The number of carbonyl (C=O) groups is 1. The molecule has 1 aliphatic heterocycles. The van der Waals surface area contributed by atoms with Crippen molar-refractivity contribution in [3.8, 4) is 5.75 Å². The van der Waals surface area contributed by atoms with Gasteiger partial charge in [0.1, 0.15) is 5.75 Å². The van der Waals surface area contributed by atoms with E-state index in [0.717, 1.165) is 24.3 Å². The van der Waals surface area contributed by atoms with Gasteiger partial charge in [-0.15, -0.1) is 0 Å². The fraction of sp³-hybridized carbons (Fsp3) is 0.364. The Morgan fingerprint density at radius 2 is 2.29 bits per heavy atom. The molecule has 0 aromatic heterocycles. The summed E-state index contributed by atoms with van der Waals surface area (Å²) in [6, 6.07) is 5.92. The van der Waals surface area contributed by atoms with Crippen molar-refractivity contribution in [2.75, 3.05) is 13.7 Å². The second kappa shape index (κ2) is 3.70. The Hall–Kier alpha value is -1.51. The van der Waals surface area contributed by atoms with Gasteiger partial charge in [-0.3, -0.25) is 4.79 Å². The van der Waals surface area contributed by atoms with Gasteiger partial charge in [-0.25, -0.2) is 0 Å². The molecule has 1 N–H and O–H groups in total. The number of ether oxygens (including phenoxy) is 1. The van der Waals surface area contributed by atoms with Crippen LogP contribution in [-0.4, -0.2) is 19.6 Å². The number of hydrogen-bond donors (Lipinski definition) is 1. The number of amides is 1. The van der Waals surface area contributed by atoms with Crippen LogP contribution in [0.3, 0.4) is 0 Å². The van der Waals surface area contributed by atoms with E-state index in [4.69, 9.17) is 4.74 Å². The molecule has 0 radical (unpaired) electrons. The standard InChI is InChI=1S/C11H13NO2/c1-14-10-4-2-3-8-5-6-12-11(13)7-9(8)10/h2-4H,5-7H2,1H3,(H,12,13). The third-order valence-electron chi connectivity index (χ3n) is 2.50. The van der Waals surface area contributed by atoms with Gasteiger partial charge in [0.2, 0.25) is 5.91 Å². The van der Waals surface area contributed by atoms with Gasteiger partial charge in [0.05, 0.1) is 13.5 Å². The largest absolute Gasteiger partial charge is 0.496 e. The van der Waals surface area contributed by atoms with Crippen molar-refractivity contribution in [3.63, 3.8) is 0 Å². The third kappa shape index (κ3) is 1.58. The molecule has 0 fully saturated rings. The van der Waals surface area contributed by atoms with E-state index in [1.165, 1.54) is 5.56 Å². The van der Waals surface area contributed by atoms with Crippen molar-refractivity contribution in [2.24, 2.45) is 0 Å². The van der Waals surface area contributed by atoms with E-state index in [1.807, 2.05) is 12.1 Å². The first kappa shape index (κ1) is 9.06. The number of hydrogen-bond acceptors (Lipinski definition) is 2. The minimum absolute atomic E-state index is 0.0771. The minimum Gasteiger partial charge on any atom is -0.496 e. The minimum atomic E-state index is 0.0771. The zero-order chi connectivity index (χ0) is 9.97. The van der Waals surface area contributed by atoms with Gasteiger partial charge in [0.25, 0.3) is 0 Å². The van der Waals surface area contributed by atoms with Crippen LogP contribution in [0.4, 0.5) is 0 Å². The van der Waals surface area contributed by atoms with E-state index in [-0.39, 0.29) is 5.91 Å². The first-order valence-electron chi connectivity index (χ1n) is 4.72. The average Bonchev–Trinajstić information content (AvgIpc) is 2.38. The molecule has 1 aromatic rings. The fourth-order valence-electron chi connectivity index (χ4n) is 1.80. The number of nitrogens with one attached hydrogen (secondary N) is 1. The maximum absolute atomic E-state index is 11.3. The SMILES string of the molecule is COc1cccc2c1CC(=O)NCC2. The molecule has 0 aliphatic carbocycles. The van der Waals surface area contributed by atoms with Crippen molar-refractivity contribution < 1.29 is 9.53 Å². The monoisotopic (exact) mass is 191 g/mol. The number of carbonyl (C=O) groups excluding carboxylic acids is 1. The van der Waals surface area contributed by atoms with Gasteiger partial charge in [0.15, 0.2) is 0 Å². The molecular formula is C11H13NO2. The fourth-order valence-corrected chi connectivity index (χ4v) is 1.80. The van der Waals surface area contributed by atoms with Gasteiger partial charge in [0, 0.05) is 12.1 Å². The normalized spacial score (nSPS) is 15.4. The van der Waals surface area contributed by atoms with E-state index >= 15 is 0 Å². The first-order valence-corrected chi connectivity index (χ1v) is 4.72. The molecule has 0 saturated heterocycles. The molecule has 3 heteroatoms. The molecule has 0 saturated carbocycles. The van der Waals surface area contributed by atoms with Gasteiger partial charge in [-0.2, -0.15) is 0 Å². The molecule has 0 atom stereocenters. The predicted molar refractivity (Wildman–Crippen MR) is 53.4 cm³/mol. The Balaban J connectivity index is 2.45. The zero-order valence-corrected chi connectivity index (χ0v) is 8.17. The molecule has 1 amide bonds. The first-order chi connectivity index (χ1) is 6.81. The maximum atomic E-state index is 11.3. The molecule has 1 aliphatic rings. The lowest BCUT2D eigenvalue weighted by Crippen LogP contribution is -2.24. The molecule has 74 valence electrons. The lowest BCUT2D eigenvalue weighted by atomic mass is 10.0. The Bertz CT molecular complexity index is 360. The molecule has 2 rings (SSSR count). The van der Waals surface area contributed by atoms with Crippen LogP contribution in [0.2, 0.25) is 0 Å². The van der Waals surface area contributed by atoms with Crippen LogP contribution in [0.15, 0.2) is 18.2 Å². The van der Waals surface area contributed by atoms with E-state index in [0.29, 0.717) is 6.42 Å². The van der Waals surface area contributed by atoms with Crippen LogP contribution in [0.5, 0.6) is 5.75 Å².